The van der Waals surface area contributed by atoms with Crippen LogP contribution in [-0.2, 0) is 4.79 Å². The molecule has 0 spiro atoms. The summed E-state index contributed by atoms with van der Waals surface area (Å²) in [7, 11) is 0. The molecule has 0 aliphatic rings. The zero-order chi connectivity index (χ0) is 11.4. The molecule has 0 aliphatic carbocycles. The minimum atomic E-state index is -0.893. The van der Waals surface area contributed by atoms with E-state index in [-0.39, 0.29) is 0 Å². The van der Waals surface area contributed by atoms with Gasteiger partial charge in [0.2, 0.25) is 0 Å². The van der Waals surface area contributed by atoms with Gasteiger partial charge in [0, 0.05) is 12.5 Å². The second-order valence-corrected chi connectivity index (χ2v) is 2.79. The molecule has 0 aromatic heterocycles. The molecule has 0 radical (unpaired) electrons. The lowest BCUT2D eigenvalue weighted by Crippen LogP contribution is -1.85. The summed E-state index contributed by atoms with van der Waals surface area (Å²) in [6.07, 6.45) is 15.1. The van der Waals surface area contributed by atoms with Crippen molar-refractivity contribution in [2.45, 2.75) is 25.7 Å². The summed E-state index contributed by atoms with van der Waals surface area (Å²) in [5, 5.41) is 8.30. The molecule has 2 heteroatoms. The number of aliphatic carboxylic acids is 1. The molecule has 15 heavy (non-hydrogen) atoms. The number of carboxylic acids is 1. The molecule has 78 valence electrons. The van der Waals surface area contributed by atoms with E-state index in [0.29, 0.717) is 6.42 Å². The Morgan fingerprint density at radius 2 is 2.00 bits per heavy atom. The highest BCUT2D eigenvalue weighted by atomic mass is 16.4. The van der Waals surface area contributed by atoms with Gasteiger partial charge in [0.05, 0.1) is 0 Å². The molecule has 0 fully saturated rings. The van der Waals surface area contributed by atoms with E-state index in [1.807, 2.05) is 12.2 Å². The number of allylic oxidation sites excluding steroid dienone is 3. The summed E-state index contributed by atoms with van der Waals surface area (Å²) in [6.45, 7) is 0. The van der Waals surface area contributed by atoms with Gasteiger partial charge >= 0.3 is 5.97 Å². The molecule has 0 aliphatic heterocycles. The molecule has 0 saturated heterocycles. The largest absolute Gasteiger partial charge is 0.478 e. The summed E-state index contributed by atoms with van der Waals surface area (Å²) in [5.74, 6) is 6.65. The van der Waals surface area contributed by atoms with Gasteiger partial charge in [-0.3, -0.25) is 0 Å². The Kier molecular flexibility index (Phi) is 8.85. The molecule has 0 aromatic carbocycles. The average Bonchev–Trinajstić information content (AvgIpc) is 2.20. The fourth-order valence-electron chi connectivity index (χ4n) is 0.900. The van der Waals surface area contributed by atoms with Gasteiger partial charge in [-0.15, -0.1) is 6.42 Å². The fraction of sp³-hybridized carbons (Fsp3) is 0.308. The molecule has 0 unspecified atom stereocenters. The Labute approximate surface area is 90.7 Å². The van der Waals surface area contributed by atoms with Gasteiger partial charge < -0.3 is 5.11 Å². The van der Waals surface area contributed by atoms with Crippen LogP contribution >= 0.6 is 0 Å². The van der Waals surface area contributed by atoms with Gasteiger partial charge in [-0.25, -0.2) is 4.79 Å². The summed E-state index contributed by atoms with van der Waals surface area (Å²) < 4.78 is 0. The van der Waals surface area contributed by atoms with E-state index in [2.05, 4.69) is 17.8 Å². The zero-order valence-corrected chi connectivity index (χ0v) is 8.57. The Balaban J connectivity index is 3.39. The van der Waals surface area contributed by atoms with Crippen molar-refractivity contribution in [1.29, 1.82) is 0 Å². The molecule has 0 rings (SSSR count). The lowest BCUT2D eigenvalue weighted by molar-refractivity contribution is -0.131. The molecular weight excluding hydrogens is 188 g/mol. The van der Waals surface area contributed by atoms with Crippen molar-refractivity contribution in [3.8, 4) is 24.2 Å². The standard InChI is InChI=1S/C13H14O2/c1-2-3-4-5-6-7-8-9-10-11-12-13(14)15/h1,6-7,11-12H,5,8-10H2,(H,14,15). The molecule has 2 nitrogen and oxygen atoms in total. The van der Waals surface area contributed by atoms with Crippen molar-refractivity contribution in [3.05, 3.63) is 24.3 Å². The van der Waals surface area contributed by atoms with Crippen LogP contribution in [-0.4, -0.2) is 11.1 Å². The summed E-state index contributed by atoms with van der Waals surface area (Å²) in [5.41, 5.74) is 0. The van der Waals surface area contributed by atoms with E-state index >= 15 is 0 Å². The van der Waals surface area contributed by atoms with E-state index in [0.717, 1.165) is 19.3 Å². The molecule has 0 aromatic rings. The maximum absolute atomic E-state index is 10.1. The van der Waals surface area contributed by atoms with E-state index < -0.39 is 5.97 Å². The number of hydrogen-bond acceptors (Lipinski definition) is 1. The first-order valence-corrected chi connectivity index (χ1v) is 4.75. The highest BCUT2D eigenvalue weighted by molar-refractivity contribution is 5.79. The second kappa shape index (κ2) is 10.2. The topological polar surface area (TPSA) is 37.3 Å². The maximum atomic E-state index is 10.1. The van der Waals surface area contributed by atoms with Gasteiger partial charge in [0.15, 0.2) is 0 Å². The monoisotopic (exact) mass is 202 g/mol. The van der Waals surface area contributed by atoms with Gasteiger partial charge in [-0.05, 0) is 31.1 Å². The Morgan fingerprint density at radius 1 is 1.27 bits per heavy atom. The van der Waals surface area contributed by atoms with E-state index in [1.165, 1.54) is 6.08 Å². The van der Waals surface area contributed by atoms with Crippen LogP contribution in [0, 0.1) is 24.2 Å². The second-order valence-electron chi connectivity index (χ2n) is 2.79. The Morgan fingerprint density at radius 3 is 2.67 bits per heavy atom. The highest BCUT2D eigenvalue weighted by Gasteiger charge is 1.84. The van der Waals surface area contributed by atoms with Crippen LogP contribution in [0.2, 0.25) is 0 Å². The first-order chi connectivity index (χ1) is 7.27. The number of terminal acetylenes is 1. The van der Waals surface area contributed by atoms with Crippen LogP contribution in [0.4, 0.5) is 0 Å². The molecule has 0 amide bonds. The van der Waals surface area contributed by atoms with Gasteiger partial charge in [0.25, 0.3) is 0 Å². The van der Waals surface area contributed by atoms with Gasteiger partial charge in [0.1, 0.15) is 0 Å². The predicted octanol–water partition coefficient (Wildman–Crippen LogP) is 2.38. The van der Waals surface area contributed by atoms with Crippen molar-refractivity contribution in [2.24, 2.45) is 0 Å². The third kappa shape index (κ3) is 12.1. The molecule has 1 N–H and O–H groups in total. The van der Waals surface area contributed by atoms with E-state index in [1.54, 1.807) is 6.08 Å². The predicted molar refractivity (Wildman–Crippen MR) is 61.0 cm³/mol. The molecule has 0 saturated carbocycles. The number of rotatable bonds is 6. The quantitative estimate of drug-likeness (QED) is 0.311. The minimum absolute atomic E-state index is 0.676. The maximum Gasteiger partial charge on any atom is 0.327 e. The van der Waals surface area contributed by atoms with E-state index in [9.17, 15) is 4.79 Å². The first kappa shape index (κ1) is 13.1. The minimum Gasteiger partial charge on any atom is -0.478 e. The van der Waals surface area contributed by atoms with Crippen LogP contribution in [0.5, 0.6) is 0 Å². The lowest BCUT2D eigenvalue weighted by atomic mass is 10.2. The van der Waals surface area contributed by atoms with Crippen LogP contribution in [0.15, 0.2) is 24.3 Å². The SMILES string of the molecule is C#CC#CCC=CCCCC=CC(=O)O. The normalized spacial score (nSPS) is 9.80. The van der Waals surface area contributed by atoms with Crippen molar-refractivity contribution in [2.75, 3.05) is 0 Å². The van der Waals surface area contributed by atoms with Gasteiger partial charge in [-0.1, -0.05) is 24.1 Å². The van der Waals surface area contributed by atoms with Crippen molar-refractivity contribution in [3.63, 3.8) is 0 Å². The molecular formula is C13H14O2. The summed E-state index contributed by atoms with van der Waals surface area (Å²) in [4.78, 5) is 10.1. The molecule has 0 heterocycles. The Bertz CT molecular complexity index is 332. The number of hydrogen-bond donors (Lipinski definition) is 1. The van der Waals surface area contributed by atoms with Crippen LogP contribution in [0.25, 0.3) is 0 Å². The zero-order valence-electron chi connectivity index (χ0n) is 8.57. The summed E-state index contributed by atoms with van der Waals surface area (Å²) in [6, 6.07) is 0. The third-order valence-electron chi connectivity index (χ3n) is 1.55. The van der Waals surface area contributed by atoms with Crippen LogP contribution in [0.1, 0.15) is 25.7 Å². The molecule has 0 atom stereocenters. The van der Waals surface area contributed by atoms with Crippen molar-refractivity contribution in [1.82, 2.24) is 0 Å². The highest BCUT2D eigenvalue weighted by Crippen LogP contribution is 1.98. The number of unbranched alkanes of at least 4 members (excludes halogenated alkanes) is 2. The number of carbonyl (C=O) groups is 1. The first-order valence-electron chi connectivity index (χ1n) is 4.75. The molecule has 0 bridgehead atoms. The van der Waals surface area contributed by atoms with Crippen molar-refractivity contribution < 1.29 is 9.90 Å². The Hall–Kier alpha value is -1.93. The van der Waals surface area contributed by atoms with E-state index in [4.69, 9.17) is 11.5 Å². The fourth-order valence-corrected chi connectivity index (χ4v) is 0.900. The average molecular weight is 202 g/mol. The smallest absolute Gasteiger partial charge is 0.327 e. The summed E-state index contributed by atoms with van der Waals surface area (Å²) >= 11 is 0. The van der Waals surface area contributed by atoms with Crippen LogP contribution in [0.3, 0.4) is 0 Å². The van der Waals surface area contributed by atoms with Gasteiger partial charge in [-0.2, -0.15) is 0 Å². The lowest BCUT2D eigenvalue weighted by Gasteiger charge is -1.88. The third-order valence-corrected chi connectivity index (χ3v) is 1.55. The van der Waals surface area contributed by atoms with Crippen molar-refractivity contribution >= 4 is 5.97 Å². The van der Waals surface area contributed by atoms with Crippen LogP contribution < -0.4 is 0 Å². The number of carboxylic acid groups (broad SMARTS) is 1.